The third-order valence-corrected chi connectivity index (χ3v) is 16.0. The van der Waals surface area contributed by atoms with Gasteiger partial charge < -0.3 is 44.4 Å². The van der Waals surface area contributed by atoms with E-state index in [-0.39, 0.29) is 64.0 Å². The molecule has 1 fully saturated rings. The molecule has 1 aromatic heterocycles. The van der Waals surface area contributed by atoms with Gasteiger partial charge in [0.1, 0.15) is 24.2 Å². The molecule has 19 nitrogen and oxygen atoms in total. The van der Waals surface area contributed by atoms with Gasteiger partial charge >= 0.3 is 5.97 Å². The highest BCUT2D eigenvalue weighted by molar-refractivity contribution is 7.89. The van der Waals surface area contributed by atoms with E-state index in [9.17, 15) is 42.9 Å². The number of Topliss-reactive ketones (excluding diaryl/α,β-unsaturated/α-hetero) is 1. The number of nitrogens with one attached hydrogen (secondary N) is 1. The SMILES string of the molecule is CO[C@H]1/C=C/O[C@@]2(C)Oc3c(C)c(O)c4c(c3/C2=N/OCCN2CCN(S(=O)(=O)c3cccc5ccncc35)CC2)C(=O)C=C(NC(=O)/C(C)=C\C=C\[C@H](C)[C@H](O)[C@@H](C)[C@@H](O)[C@@H](C)[C@H](OC(C)=O)[C@@H]1C)C4=O. The Morgan fingerprint density at radius 1 is 0.972 bits per heavy atom. The first-order chi connectivity index (χ1) is 34.1. The van der Waals surface area contributed by atoms with Crippen LogP contribution in [0.5, 0.6) is 11.5 Å². The van der Waals surface area contributed by atoms with Gasteiger partial charge in [-0.1, -0.05) is 63.2 Å². The summed E-state index contributed by atoms with van der Waals surface area (Å²) >= 11 is 0. The minimum Gasteiger partial charge on any atom is -0.507 e. The van der Waals surface area contributed by atoms with Crippen molar-refractivity contribution in [3.05, 3.63) is 107 Å². The summed E-state index contributed by atoms with van der Waals surface area (Å²) in [5.74, 6) is -7.98. The Hall–Kier alpha value is -6.29. The number of aliphatic hydroxyl groups is 2. The number of benzene rings is 2. The average Bonchev–Trinajstić information content (AvgIpc) is 3.65. The van der Waals surface area contributed by atoms with Crippen LogP contribution in [0.15, 0.2) is 94.6 Å². The molecule has 1 aliphatic carbocycles. The average molecular weight is 1010 g/mol. The van der Waals surface area contributed by atoms with Crippen molar-refractivity contribution in [3.8, 4) is 11.5 Å². The predicted molar refractivity (Wildman–Crippen MR) is 264 cm³/mol. The van der Waals surface area contributed by atoms with Gasteiger partial charge in [-0.25, -0.2) is 8.42 Å². The number of piperazine rings is 1. The number of rotatable bonds is 8. The van der Waals surface area contributed by atoms with Crippen molar-refractivity contribution in [1.29, 1.82) is 0 Å². The first kappa shape index (κ1) is 53.5. The number of carbonyl (C=O) groups is 4. The number of methoxy groups -OCH3 is 1. The number of hydrogen-bond donors (Lipinski definition) is 4. The zero-order valence-electron chi connectivity index (χ0n) is 41.8. The third kappa shape index (κ3) is 10.6. The fourth-order valence-corrected chi connectivity index (χ4v) is 11.3. The van der Waals surface area contributed by atoms with Crippen LogP contribution in [0.25, 0.3) is 10.8 Å². The van der Waals surface area contributed by atoms with Gasteiger partial charge in [-0.3, -0.25) is 29.1 Å². The Morgan fingerprint density at radius 2 is 1.69 bits per heavy atom. The van der Waals surface area contributed by atoms with E-state index >= 15 is 0 Å². The molecule has 8 rings (SSSR count). The van der Waals surface area contributed by atoms with Crippen molar-refractivity contribution in [2.75, 3.05) is 46.4 Å². The van der Waals surface area contributed by atoms with Crippen LogP contribution in [-0.4, -0.2) is 144 Å². The number of esters is 1. The molecule has 4 N–H and O–H groups in total. The third-order valence-electron chi connectivity index (χ3n) is 14.1. The number of aliphatic hydroxyl groups excluding tert-OH is 2. The van der Waals surface area contributed by atoms with Gasteiger partial charge in [-0.05, 0) is 37.4 Å². The molecular formula is C52H63N5O14S. The van der Waals surface area contributed by atoms with Crippen molar-refractivity contribution in [3.63, 3.8) is 0 Å². The number of aromatic hydroxyl groups is 1. The molecule has 72 heavy (non-hydrogen) atoms. The zero-order chi connectivity index (χ0) is 52.4. The number of allylic oxidation sites excluding steroid dienone is 4. The smallest absolute Gasteiger partial charge is 0.302 e. The van der Waals surface area contributed by atoms with E-state index in [1.807, 2.05) is 11.0 Å². The molecule has 4 aliphatic heterocycles. The molecule has 0 radical (unpaired) electrons. The number of phenolic OH excluding ortho intramolecular Hbond substituents is 1. The number of sulfonamides is 1. The van der Waals surface area contributed by atoms with Gasteiger partial charge in [0, 0.05) is 112 Å². The summed E-state index contributed by atoms with van der Waals surface area (Å²) < 4.78 is 53.5. The van der Waals surface area contributed by atoms with E-state index in [0.717, 1.165) is 11.5 Å². The maximum Gasteiger partial charge on any atom is 0.302 e. The number of aromatic nitrogens is 1. The molecule has 3 aromatic rings. The van der Waals surface area contributed by atoms with Crippen LogP contribution < -0.4 is 10.1 Å². The quantitative estimate of drug-likeness (QED) is 0.135. The van der Waals surface area contributed by atoms with E-state index in [0.29, 0.717) is 25.0 Å². The number of ether oxygens (including phenoxy) is 4. The largest absolute Gasteiger partial charge is 0.507 e. The monoisotopic (exact) mass is 1010 g/mol. The Balaban J connectivity index is 1.21. The van der Waals surface area contributed by atoms with Crippen LogP contribution in [0.1, 0.15) is 80.3 Å². The van der Waals surface area contributed by atoms with E-state index in [2.05, 4.69) is 15.5 Å². The zero-order valence-corrected chi connectivity index (χ0v) is 42.6. The van der Waals surface area contributed by atoms with Crippen LogP contribution in [0.4, 0.5) is 0 Å². The van der Waals surface area contributed by atoms with Crippen LogP contribution in [0.3, 0.4) is 0 Å². The van der Waals surface area contributed by atoms with Gasteiger partial charge in [0.2, 0.25) is 15.8 Å². The summed E-state index contributed by atoms with van der Waals surface area (Å²) in [5.41, 5.74) is -0.915. The first-order valence-corrected chi connectivity index (χ1v) is 25.3. The van der Waals surface area contributed by atoms with Crippen molar-refractivity contribution in [2.45, 2.75) is 90.5 Å². The molecule has 386 valence electrons. The highest BCUT2D eigenvalue weighted by Gasteiger charge is 2.51. The number of hydrogen-bond acceptors (Lipinski definition) is 17. The number of nitrogens with zero attached hydrogens (tertiary/aromatic N) is 4. The van der Waals surface area contributed by atoms with E-state index in [4.69, 9.17) is 23.8 Å². The van der Waals surface area contributed by atoms with Gasteiger partial charge in [0.15, 0.2) is 11.5 Å². The molecule has 2 aromatic carbocycles. The predicted octanol–water partition coefficient (Wildman–Crippen LogP) is 4.72. The second-order valence-electron chi connectivity index (χ2n) is 18.9. The minimum atomic E-state index is -3.84. The minimum absolute atomic E-state index is 0.00845. The molecule has 1 saturated heterocycles. The number of ketones is 2. The van der Waals surface area contributed by atoms with E-state index in [1.54, 1.807) is 76.5 Å². The molecule has 0 spiro atoms. The molecule has 9 atom stereocenters. The number of pyridine rings is 1. The summed E-state index contributed by atoms with van der Waals surface area (Å²) in [6, 6.07) is 6.87. The standard InChI is InChI=1S/C52H63N5O14S/c1-28-12-10-13-29(2)51(64)54-37-26-38(59)41-42(47(37)63)46(62)33(6)49-43(41)50(52(8,71-49)68-24-17-39(67-9)30(3)48(70-34(7)58)32(5)45(61)31(4)44(28)60)55-69-25-23-56-19-21-57(22-20-56)72(65,66)40-15-11-14-35-16-18-53-27-36(35)40/h10-18,24,26-28,30-32,39,44-45,48,60-62H,19-23,25H2,1-9H3,(H,54,64)/b12-10+,24-17+,29-13-,55-50-/t28-,30+,31+,32+,39-,44-,45+,48+,52-/m0/s1. The lowest BCUT2D eigenvalue weighted by molar-refractivity contribution is -0.160. The Labute approximate surface area is 418 Å². The van der Waals surface area contributed by atoms with Crippen LogP contribution in [0.2, 0.25) is 0 Å². The number of fused-ring (bicyclic) bond motifs is 15. The summed E-state index contributed by atoms with van der Waals surface area (Å²) in [4.78, 5) is 66.8. The summed E-state index contributed by atoms with van der Waals surface area (Å²) in [6.07, 6.45) is 7.63. The van der Waals surface area contributed by atoms with E-state index in [1.165, 1.54) is 51.4 Å². The number of carbonyl (C=O) groups excluding carboxylic acids is 4. The van der Waals surface area contributed by atoms with Crippen molar-refractivity contribution < 1.29 is 66.7 Å². The highest BCUT2D eigenvalue weighted by atomic mass is 32.2. The van der Waals surface area contributed by atoms with Gasteiger partial charge in [0.25, 0.3) is 11.7 Å². The Kier molecular flexibility index (Phi) is 16.2. The molecule has 0 saturated carbocycles. The maximum atomic E-state index is 14.3. The molecule has 1 amide bonds. The lowest BCUT2D eigenvalue weighted by Crippen LogP contribution is -2.49. The Bertz CT molecular complexity index is 2880. The van der Waals surface area contributed by atoms with Crippen LogP contribution >= 0.6 is 0 Å². The topological polar surface area (TPSA) is 253 Å². The van der Waals surface area contributed by atoms with Crippen molar-refractivity contribution in [1.82, 2.24) is 19.5 Å². The maximum absolute atomic E-state index is 14.3. The summed E-state index contributed by atoms with van der Waals surface area (Å²) in [7, 11) is -2.39. The normalized spacial score (nSPS) is 30.2. The summed E-state index contributed by atoms with van der Waals surface area (Å²) in [5, 5.41) is 42.9. The molecular weight excluding hydrogens is 951 g/mol. The number of oxime groups is 1. The van der Waals surface area contributed by atoms with Gasteiger partial charge in [-0.15, -0.1) is 0 Å². The summed E-state index contributed by atoms with van der Waals surface area (Å²) in [6.45, 7) is 14.1. The fourth-order valence-electron chi connectivity index (χ4n) is 9.69. The van der Waals surface area contributed by atoms with Crippen LogP contribution in [0, 0.1) is 30.6 Å². The highest BCUT2D eigenvalue weighted by Crippen LogP contribution is 2.48. The fraction of sp³-hybridized carbons (Fsp3) is 0.462. The lowest BCUT2D eigenvalue weighted by Gasteiger charge is -2.38. The second-order valence-corrected chi connectivity index (χ2v) is 20.8. The Morgan fingerprint density at radius 3 is 2.39 bits per heavy atom. The van der Waals surface area contributed by atoms with Gasteiger partial charge in [-0.2, -0.15) is 4.31 Å². The number of amides is 1. The lowest BCUT2D eigenvalue weighted by atomic mass is 9.78. The van der Waals surface area contributed by atoms with Crippen LogP contribution in [-0.2, 0) is 38.7 Å². The number of phenols is 1. The molecule has 0 unspecified atom stereocenters. The molecule has 5 bridgehead atoms. The van der Waals surface area contributed by atoms with Crippen molar-refractivity contribution in [2.24, 2.45) is 28.8 Å². The van der Waals surface area contributed by atoms with Crippen molar-refractivity contribution >= 4 is 50.0 Å². The van der Waals surface area contributed by atoms with Gasteiger partial charge in [0.05, 0.1) is 51.9 Å². The molecule has 5 heterocycles. The van der Waals surface area contributed by atoms with E-state index < -0.39 is 98.7 Å². The molecule has 20 heteroatoms. The molecule has 5 aliphatic rings. The first-order valence-electron chi connectivity index (χ1n) is 23.8. The second kappa shape index (κ2) is 21.8.